The maximum atomic E-state index is 12.1. The molecule has 2 rings (SSSR count). The minimum absolute atomic E-state index is 0.109. The fraction of sp³-hybridized carbons (Fsp3) is 0.0526. The number of amides is 1. The molecule has 0 saturated carbocycles. The van der Waals surface area contributed by atoms with Crippen molar-refractivity contribution in [2.24, 2.45) is 0 Å². The molecule has 0 heterocycles. The number of nitrogens with one attached hydrogen (secondary N) is 1. The topological polar surface area (TPSA) is 55.4 Å². The van der Waals surface area contributed by atoms with Gasteiger partial charge >= 0.3 is 0 Å². The van der Waals surface area contributed by atoms with Gasteiger partial charge in [-0.1, -0.05) is 24.8 Å². The first-order valence-electron chi connectivity index (χ1n) is 7.02. The largest absolute Gasteiger partial charge is 0.497 e. The number of methoxy groups -OCH3 is 1. The summed E-state index contributed by atoms with van der Waals surface area (Å²) in [6.45, 7) is 3.38. The SMILES string of the molecule is C=CC(=O)Nc1ccc(C(=O)C=Cc2ccc(OC)cc2)cc1. The Hall–Kier alpha value is -3.14. The van der Waals surface area contributed by atoms with Gasteiger partial charge in [-0.15, -0.1) is 0 Å². The third kappa shape index (κ3) is 4.68. The molecule has 23 heavy (non-hydrogen) atoms. The first-order chi connectivity index (χ1) is 11.1. The van der Waals surface area contributed by atoms with Crippen LogP contribution in [-0.2, 0) is 4.79 Å². The molecule has 0 radical (unpaired) electrons. The summed E-state index contributed by atoms with van der Waals surface area (Å²) in [4.78, 5) is 23.3. The van der Waals surface area contributed by atoms with Gasteiger partial charge in [0.1, 0.15) is 5.75 Å². The Morgan fingerprint density at radius 3 is 2.26 bits per heavy atom. The number of rotatable bonds is 6. The molecular weight excluding hydrogens is 290 g/mol. The highest BCUT2D eigenvalue weighted by Gasteiger charge is 2.03. The van der Waals surface area contributed by atoms with E-state index in [-0.39, 0.29) is 11.7 Å². The Bertz CT molecular complexity index is 728. The van der Waals surface area contributed by atoms with E-state index in [1.807, 2.05) is 24.3 Å². The molecule has 0 atom stereocenters. The number of benzene rings is 2. The molecule has 2 aromatic carbocycles. The monoisotopic (exact) mass is 307 g/mol. The fourth-order valence-electron chi connectivity index (χ4n) is 1.89. The highest BCUT2D eigenvalue weighted by molar-refractivity contribution is 6.07. The summed E-state index contributed by atoms with van der Waals surface area (Å²) in [6, 6.07) is 14.1. The Morgan fingerprint density at radius 1 is 1.04 bits per heavy atom. The maximum Gasteiger partial charge on any atom is 0.247 e. The number of carbonyl (C=O) groups excluding carboxylic acids is 2. The van der Waals surface area contributed by atoms with E-state index >= 15 is 0 Å². The van der Waals surface area contributed by atoms with E-state index in [1.54, 1.807) is 37.5 Å². The first-order valence-corrected chi connectivity index (χ1v) is 7.02. The molecule has 1 N–H and O–H groups in total. The highest BCUT2D eigenvalue weighted by atomic mass is 16.5. The molecule has 1 amide bonds. The van der Waals surface area contributed by atoms with Gasteiger partial charge in [0.2, 0.25) is 5.91 Å². The van der Waals surface area contributed by atoms with Crippen LogP contribution in [-0.4, -0.2) is 18.8 Å². The molecule has 0 spiro atoms. The summed E-state index contributed by atoms with van der Waals surface area (Å²) in [6.07, 6.45) is 4.45. The lowest BCUT2D eigenvalue weighted by Gasteiger charge is -2.03. The van der Waals surface area contributed by atoms with Crippen molar-refractivity contribution < 1.29 is 14.3 Å². The van der Waals surface area contributed by atoms with Crippen LogP contribution >= 0.6 is 0 Å². The van der Waals surface area contributed by atoms with Gasteiger partial charge < -0.3 is 10.1 Å². The number of allylic oxidation sites excluding steroid dienone is 1. The van der Waals surface area contributed by atoms with Crippen molar-refractivity contribution in [3.63, 3.8) is 0 Å². The molecule has 0 aliphatic rings. The Kier molecular flexibility index (Phi) is 5.47. The van der Waals surface area contributed by atoms with Gasteiger partial charge in [-0.05, 0) is 54.1 Å². The molecule has 0 aromatic heterocycles. The van der Waals surface area contributed by atoms with Crippen LogP contribution in [0.3, 0.4) is 0 Å². The lowest BCUT2D eigenvalue weighted by molar-refractivity contribution is -0.111. The van der Waals surface area contributed by atoms with E-state index in [0.717, 1.165) is 11.3 Å². The van der Waals surface area contributed by atoms with Gasteiger partial charge in [0, 0.05) is 11.3 Å². The van der Waals surface area contributed by atoms with Crippen LogP contribution in [0.1, 0.15) is 15.9 Å². The molecule has 0 aliphatic carbocycles. The molecule has 116 valence electrons. The second-order valence-corrected chi connectivity index (χ2v) is 4.74. The Labute approximate surface area is 135 Å². The van der Waals surface area contributed by atoms with Crippen LogP contribution in [0.4, 0.5) is 5.69 Å². The van der Waals surface area contributed by atoms with Crippen molar-refractivity contribution in [2.45, 2.75) is 0 Å². The fourth-order valence-corrected chi connectivity index (χ4v) is 1.89. The molecule has 4 heteroatoms. The van der Waals surface area contributed by atoms with Crippen LogP contribution in [0.15, 0.2) is 67.3 Å². The van der Waals surface area contributed by atoms with Crippen molar-refractivity contribution in [2.75, 3.05) is 12.4 Å². The van der Waals surface area contributed by atoms with E-state index in [2.05, 4.69) is 11.9 Å². The number of hydrogen-bond donors (Lipinski definition) is 1. The average Bonchev–Trinajstić information content (AvgIpc) is 2.60. The van der Waals surface area contributed by atoms with Crippen LogP contribution in [0, 0.1) is 0 Å². The van der Waals surface area contributed by atoms with Gasteiger partial charge in [0.25, 0.3) is 0 Å². The summed E-state index contributed by atoms with van der Waals surface area (Å²) in [5.41, 5.74) is 2.07. The molecule has 0 unspecified atom stereocenters. The zero-order chi connectivity index (χ0) is 16.7. The summed E-state index contributed by atoms with van der Waals surface area (Å²) in [5, 5.41) is 2.63. The summed E-state index contributed by atoms with van der Waals surface area (Å²) < 4.78 is 5.08. The van der Waals surface area contributed by atoms with Crippen LogP contribution in [0.5, 0.6) is 5.75 Å². The van der Waals surface area contributed by atoms with Crippen LogP contribution in [0.25, 0.3) is 6.08 Å². The quantitative estimate of drug-likeness (QED) is 0.653. The molecule has 0 bridgehead atoms. The third-order valence-corrected chi connectivity index (χ3v) is 3.17. The minimum atomic E-state index is -0.288. The van der Waals surface area contributed by atoms with Crippen LogP contribution in [0.2, 0.25) is 0 Å². The zero-order valence-corrected chi connectivity index (χ0v) is 12.8. The van der Waals surface area contributed by atoms with Crippen molar-refractivity contribution in [3.8, 4) is 5.75 Å². The molecule has 0 aliphatic heterocycles. The number of carbonyl (C=O) groups is 2. The van der Waals surface area contributed by atoms with E-state index in [1.165, 1.54) is 12.2 Å². The number of ether oxygens (including phenoxy) is 1. The molecule has 0 fully saturated rings. The standard InChI is InChI=1S/C19H17NO3/c1-3-19(22)20-16-9-7-15(8-10-16)18(21)13-6-14-4-11-17(23-2)12-5-14/h3-13H,1H2,2H3,(H,20,22). The van der Waals surface area contributed by atoms with Crippen molar-refractivity contribution in [1.82, 2.24) is 0 Å². The average molecular weight is 307 g/mol. The summed E-state index contributed by atoms with van der Waals surface area (Å²) in [7, 11) is 1.61. The van der Waals surface area contributed by atoms with Crippen molar-refractivity contribution >= 4 is 23.5 Å². The number of anilines is 1. The van der Waals surface area contributed by atoms with Gasteiger partial charge in [0.15, 0.2) is 5.78 Å². The van der Waals surface area contributed by atoms with Gasteiger partial charge in [-0.25, -0.2) is 0 Å². The Balaban J connectivity index is 2.03. The number of hydrogen-bond acceptors (Lipinski definition) is 3. The normalized spacial score (nSPS) is 10.3. The van der Waals surface area contributed by atoms with E-state index < -0.39 is 0 Å². The first kappa shape index (κ1) is 16.2. The second-order valence-electron chi connectivity index (χ2n) is 4.74. The second kappa shape index (κ2) is 7.75. The lowest BCUT2D eigenvalue weighted by Crippen LogP contribution is -2.07. The predicted molar refractivity (Wildman–Crippen MR) is 91.6 cm³/mol. The van der Waals surface area contributed by atoms with Crippen molar-refractivity contribution in [1.29, 1.82) is 0 Å². The van der Waals surface area contributed by atoms with E-state index in [0.29, 0.717) is 11.3 Å². The molecule has 2 aromatic rings. The van der Waals surface area contributed by atoms with E-state index in [9.17, 15) is 9.59 Å². The molecule has 4 nitrogen and oxygen atoms in total. The van der Waals surface area contributed by atoms with Crippen molar-refractivity contribution in [3.05, 3.63) is 78.4 Å². The smallest absolute Gasteiger partial charge is 0.247 e. The van der Waals surface area contributed by atoms with Gasteiger partial charge in [-0.2, -0.15) is 0 Å². The Morgan fingerprint density at radius 2 is 1.70 bits per heavy atom. The number of ketones is 1. The highest BCUT2D eigenvalue weighted by Crippen LogP contribution is 2.14. The summed E-state index contributed by atoms with van der Waals surface area (Å²) in [5.74, 6) is 0.372. The lowest BCUT2D eigenvalue weighted by atomic mass is 10.1. The van der Waals surface area contributed by atoms with Gasteiger partial charge in [-0.3, -0.25) is 9.59 Å². The predicted octanol–water partition coefficient (Wildman–Crippen LogP) is 3.72. The zero-order valence-electron chi connectivity index (χ0n) is 12.8. The minimum Gasteiger partial charge on any atom is -0.497 e. The van der Waals surface area contributed by atoms with E-state index in [4.69, 9.17) is 4.74 Å². The maximum absolute atomic E-state index is 12.1. The molecule has 0 saturated heterocycles. The van der Waals surface area contributed by atoms with Gasteiger partial charge in [0.05, 0.1) is 7.11 Å². The third-order valence-electron chi connectivity index (χ3n) is 3.17. The van der Waals surface area contributed by atoms with Crippen LogP contribution < -0.4 is 10.1 Å². The summed E-state index contributed by atoms with van der Waals surface area (Å²) >= 11 is 0. The molecular formula is C19H17NO3.